The second-order valence-electron chi connectivity index (χ2n) is 4.33. The summed E-state index contributed by atoms with van der Waals surface area (Å²) in [6.07, 6.45) is 8.07. The molecule has 1 spiro atoms. The molecular formula is C11H16Br2O2. The Morgan fingerprint density at radius 3 is 2.47 bits per heavy atom. The molecule has 0 amide bonds. The zero-order chi connectivity index (χ0) is 10.9. The van der Waals surface area contributed by atoms with E-state index in [4.69, 9.17) is 9.47 Å². The molecule has 2 fully saturated rings. The first-order valence-corrected chi connectivity index (χ1v) is 7.08. The van der Waals surface area contributed by atoms with Crippen molar-refractivity contribution in [1.29, 1.82) is 0 Å². The lowest BCUT2D eigenvalue weighted by Crippen LogP contribution is -2.33. The summed E-state index contributed by atoms with van der Waals surface area (Å²) < 4.78 is 13.0. The fourth-order valence-corrected chi connectivity index (χ4v) is 2.92. The smallest absolute Gasteiger partial charge is 0.169 e. The monoisotopic (exact) mass is 338 g/mol. The summed E-state index contributed by atoms with van der Waals surface area (Å²) in [4.78, 5) is 0. The molecule has 0 aromatic heterocycles. The number of hydrogen-bond donors (Lipinski definition) is 0. The molecule has 2 atom stereocenters. The first-order valence-electron chi connectivity index (χ1n) is 5.50. The number of halogens is 2. The quantitative estimate of drug-likeness (QED) is 0.716. The van der Waals surface area contributed by atoms with Crippen LogP contribution in [0.4, 0.5) is 0 Å². The number of rotatable bonds is 1. The Kier molecular flexibility index (Phi) is 3.92. The van der Waals surface area contributed by atoms with E-state index in [0.29, 0.717) is 0 Å². The van der Waals surface area contributed by atoms with Crippen LogP contribution in [0.3, 0.4) is 0 Å². The van der Waals surface area contributed by atoms with Crippen molar-refractivity contribution in [3.8, 4) is 0 Å². The predicted octanol–water partition coefficient (Wildman–Crippen LogP) is 4.08. The molecule has 2 rings (SSSR count). The van der Waals surface area contributed by atoms with E-state index in [9.17, 15) is 0 Å². The summed E-state index contributed by atoms with van der Waals surface area (Å²) in [7, 11) is 0. The fraction of sp³-hybridized carbons (Fsp3) is 0.818. The van der Waals surface area contributed by atoms with Gasteiger partial charge in [-0.15, -0.1) is 0 Å². The van der Waals surface area contributed by atoms with Crippen LogP contribution in [0.15, 0.2) is 9.47 Å². The van der Waals surface area contributed by atoms with Crippen molar-refractivity contribution in [3.63, 3.8) is 0 Å². The molecule has 1 aliphatic carbocycles. The molecule has 0 radical (unpaired) electrons. The van der Waals surface area contributed by atoms with Crippen molar-refractivity contribution < 1.29 is 9.47 Å². The highest BCUT2D eigenvalue weighted by molar-refractivity contribution is 9.28. The predicted molar refractivity (Wildman–Crippen MR) is 67.2 cm³/mol. The summed E-state index contributed by atoms with van der Waals surface area (Å²) in [6, 6.07) is 0. The summed E-state index contributed by atoms with van der Waals surface area (Å²) in [5, 5.41) is 0. The van der Waals surface area contributed by atoms with Gasteiger partial charge in [-0.05, 0) is 57.7 Å². The third kappa shape index (κ3) is 2.84. The molecular weight excluding hydrogens is 324 g/mol. The molecule has 2 aliphatic rings. The zero-order valence-electron chi connectivity index (χ0n) is 8.84. The van der Waals surface area contributed by atoms with Crippen LogP contribution in [-0.4, -0.2) is 18.0 Å². The molecule has 1 saturated heterocycles. The summed E-state index contributed by atoms with van der Waals surface area (Å²) >= 11 is 6.73. The van der Waals surface area contributed by atoms with Crippen LogP contribution in [0.1, 0.15) is 39.0 Å². The maximum Gasteiger partial charge on any atom is 0.169 e. The average Bonchev–Trinajstić information content (AvgIpc) is 2.43. The van der Waals surface area contributed by atoms with Gasteiger partial charge in [-0.1, -0.05) is 6.42 Å². The standard InChI is InChI=1S/C11H16Br2O2/c1-8-9(7-10(12)13)15-11(14-8)5-3-2-4-6-11/h7-9H,2-6H2,1H3/t8-,9+/m0/s1. The van der Waals surface area contributed by atoms with Crippen LogP contribution in [-0.2, 0) is 9.47 Å². The lowest BCUT2D eigenvalue weighted by atomic mass is 9.94. The highest BCUT2D eigenvalue weighted by Crippen LogP contribution is 2.41. The van der Waals surface area contributed by atoms with Crippen LogP contribution in [0, 0.1) is 0 Å². The lowest BCUT2D eigenvalue weighted by molar-refractivity contribution is -0.189. The molecule has 0 bridgehead atoms. The number of hydrogen-bond acceptors (Lipinski definition) is 2. The Hall–Kier alpha value is 0.620. The minimum atomic E-state index is -0.283. The summed E-state index contributed by atoms with van der Waals surface area (Å²) in [5.41, 5.74) is 0. The van der Waals surface area contributed by atoms with Gasteiger partial charge in [0, 0.05) is 12.8 Å². The minimum absolute atomic E-state index is 0.0665. The Morgan fingerprint density at radius 1 is 1.20 bits per heavy atom. The average molecular weight is 340 g/mol. The minimum Gasteiger partial charge on any atom is -0.344 e. The molecule has 4 heteroatoms. The van der Waals surface area contributed by atoms with Crippen molar-refractivity contribution in [2.75, 3.05) is 0 Å². The largest absolute Gasteiger partial charge is 0.344 e. The van der Waals surface area contributed by atoms with E-state index in [-0.39, 0.29) is 18.0 Å². The van der Waals surface area contributed by atoms with Gasteiger partial charge in [-0.2, -0.15) is 0 Å². The third-order valence-electron chi connectivity index (χ3n) is 3.12. The third-order valence-corrected chi connectivity index (χ3v) is 3.65. The van der Waals surface area contributed by atoms with Gasteiger partial charge >= 0.3 is 0 Å². The topological polar surface area (TPSA) is 18.5 Å². The van der Waals surface area contributed by atoms with Gasteiger partial charge in [0.25, 0.3) is 0 Å². The second-order valence-corrected chi connectivity index (χ2v) is 7.11. The SMILES string of the molecule is C[C@@H]1OC2(CCCCC2)O[C@@H]1C=C(Br)Br. The van der Waals surface area contributed by atoms with Crippen LogP contribution >= 0.6 is 31.9 Å². The molecule has 0 aromatic rings. The van der Waals surface area contributed by atoms with Gasteiger partial charge in [-0.3, -0.25) is 0 Å². The fourth-order valence-electron chi connectivity index (χ4n) is 2.40. The Labute approximate surface area is 108 Å². The highest BCUT2D eigenvalue weighted by atomic mass is 79.9. The highest BCUT2D eigenvalue weighted by Gasteiger charge is 2.45. The number of ether oxygens (including phenoxy) is 2. The maximum atomic E-state index is 6.05. The molecule has 1 aliphatic heterocycles. The van der Waals surface area contributed by atoms with E-state index in [0.717, 1.165) is 16.2 Å². The van der Waals surface area contributed by atoms with Crippen molar-refractivity contribution in [2.24, 2.45) is 0 Å². The molecule has 15 heavy (non-hydrogen) atoms. The first-order chi connectivity index (χ1) is 7.11. The molecule has 1 heterocycles. The molecule has 0 unspecified atom stereocenters. The van der Waals surface area contributed by atoms with Crippen LogP contribution in [0.5, 0.6) is 0 Å². The van der Waals surface area contributed by atoms with Crippen LogP contribution < -0.4 is 0 Å². The zero-order valence-corrected chi connectivity index (χ0v) is 12.0. The van der Waals surface area contributed by atoms with Gasteiger partial charge in [-0.25, -0.2) is 0 Å². The second kappa shape index (κ2) is 4.86. The lowest BCUT2D eigenvalue weighted by Gasteiger charge is -2.31. The molecule has 86 valence electrons. The van der Waals surface area contributed by atoms with Crippen molar-refractivity contribution in [2.45, 2.75) is 57.0 Å². The van der Waals surface area contributed by atoms with E-state index < -0.39 is 0 Å². The van der Waals surface area contributed by atoms with E-state index in [1.807, 2.05) is 6.08 Å². The molecule has 0 N–H and O–H groups in total. The molecule has 0 aromatic carbocycles. The first kappa shape index (κ1) is 12.1. The van der Waals surface area contributed by atoms with E-state index >= 15 is 0 Å². The maximum absolute atomic E-state index is 6.05. The van der Waals surface area contributed by atoms with Gasteiger partial charge in [0.1, 0.15) is 6.10 Å². The van der Waals surface area contributed by atoms with Crippen LogP contribution in [0.2, 0.25) is 0 Å². The van der Waals surface area contributed by atoms with E-state index in [1.54, 1.807) is 0 Å². The van der Waals surface area contributed by atoms with Crippen molar-refractivity contribution in [1.82, 2.24) is 0 Å². The van der Waals surface area contributed by atoms with Crippen molar-refractivity contribution >= 4 is 31.9 Å². The van der Waals surface area contributed by atoms with Crippen LogP contribution in [0.25, 0.3) is 0 Å². The Balaban J connectivity index is 2.04. The molecule has 1 saturated carbocycles. The van der Waals surface area contributed by atoms with E-state index in [1.165, 1.54) is 19.3 Å². The summed E-state index contributed by atoms with van der Waals surface area (Å²) in [5.74, 6) is -0.283. The van der Waals surface area contributed by atoms with Gasteiger partial charge in [0.05, 0.1) is 9.50 Å². The molecule has 2 nitrogen and oxygen atoms in total. The Morgan fingerprint density at radius 2 is 1.87 bits per heavy atom. The van der Waals surface area contributed by atoms with Crippen molar-refractivity contribution in [3.05, 3.63) is 9.47 Å². The van der Waals surface area contributed by atoms with Gasteiger partial charge < -0.3 is 9.47 Å². The van der Waals surface area contributed by atoms with Gasteiger partial charge in [0.15, 0.2) is 5.79 Å². The van der Waals surface area contributed by atoms with Gasteiger partial charge in [0.2, 0.25) is 0 Å². The van der Waals surface area contributed by atoms with E-state index in [2.05, 4.69) is 38.8 Å². The Bertz CT molecular complexity index is 255. The summed E-state index contributed by atoms with van der Waals surface area (Å²) in [6.45, 7) is 2.08. The normalized spacial score (nSPS) is 34.3.